The number of halogens is 3. The van der Waals surface area contributed by atoms with Crippen molar-refractivity contribution in [3.63, 3.8) is 0 Å². The van der Waals surface area contributed by atoms with Crippen LogP contribution in [0.5, 0.6) is 0 Å². The number of sulfone groups is 1. The molecule has 1 aromatic carbocycles. The maximum absolute atomic E-state index is 12.8. The number of aromatic nitrogens is 2. The van der Waals surface area contributed by atoms with E-state index in [-0.39, 0.29) is 27.3 Å². The van der Waals surface area contributed by atoms with E-state index in [1.807, 2.05) is 0 Å². The molecular formula is C17H19F3N4O3S2. The van der Waals surface area contributed by atoms with Gasteiger partial charge in [-0.15, -0.1) is 10.2 Å². The molecule has 3 rings (SSSR count). The third-order valence-electron chi connectivity index (χ3n) is 4.62. The van der Waals surface area contributed by atoms with Gasteiger partial charge in [0.25, 0.3) is 0 Å². The summed E-state index contributed by atoms with van der Waals surface area (Å²) in [5, 5.41) is 7.41. The molecular weight excluding hydrogens is 429 g/mol. The molecule has 1 N–H and O–H groups in total. The highest BCUT2D eigenvalue weighted by atomic mass is 32.2. The molecule has 1 aliphatic rings. The van der Waals surface area contributed by atoms with Gasteiger partial charge in [-0.2, -0.15) is 13.2 Å². The van der Waals surface area contributed by atoms with Crippen LogP contribution in [0.1, 0.15) is 30.7 Å². The number of hydrogen-bond donors (Lipinski definition) is 1. The fraction of sp³-hybridized carbons (Fsp3) is 0.471. The second-order valence-electron chi connectivity index (χ2n) is 6.87. The molecule has 29 heavy (non-hydrogen) atoms. The molecule has 0 aliphatic heterocycles. The number of hydrogen-bond acceptors (Lipinski definition) is 6. The first-order chi connectivity index (χ1) is 13.5. The van der Waals surface area contributed by atoms with E-state index >= 15 is 0 Å². The van der Waals surface area contributed by atoms with E-state index in [0.29, 0.717) is 12.2 Å². The third kappa shape index (κ3) is 5.44. The van der Waals surface area contributed by atoms with Crippen molar-refractivity contribution in [3.05, 3.63) is 29.3 Å². The van der Waals surface area contributed by atoms with Crippen molar-refractivity contribution < 1.29 is 26.4 Å². The largest absolute Gasteiger partial charge is 0.445 e. The van der Waals surface area contributed by atoms with E-state index in [9.17, 15) is 26.4 Å². The van der Waals surface area contributed by atoms with Crippen molar-refractivity contribution in [3.8, 4) is 0 Å². The summed E-state index contributed by atoms with van der Waals surface area (Å²) in [5.74, 6) is 0.260. The topological polar surface area (TPSA) is 92.3 Å². The Morgan fingerprint density at radius 3 is 2.34 bits per heavy atom. The molecule has 1 saturated carbocycles. The summed E-state index contributed by atoms with van der Waals surface area (Å²) in [6, 6.07) is 5.16. The highest BCUT2D eigenvalue weighted by molar-refractivity contribution is 7.90. The van der Waals surface area contributed by atoms with Crippen molar-refractivity contribution in [2.45, 2.75) is 36.8 Å². The zero-order chi connectivity index (χ0) is 21.2. The predicted molar refractivity (Wildman–Crippen MR) is 103 cm³/mol. The number of anilines is 2. The minimum Gasteiger partial charge on any atom is -0.294 e. The van der Waals surface area contributed by atoms with Crippen molar-refractivity contribution >= 4 is 38.0 Å². The van der Waals surface area contributed by atoms with Gasteiger partial charge in [-0.3, -0.25) is 10.2 Å². The predicted octanol–water partition coefficient (Wildman–Crippen LogP) is 4.19. The number of rotatable bonds is 5. The quantitative estimate of drug-likeness (QED) is 0.741. The Hall–Kier alpha value is -2.21. The van der Waals surface area contributed by atoms with Crippen molar-refractivity contribution in [2.75, 3.05) is 23.0 Å². The zero-order valence-corrected chi connectivity index (χ0v) is 17.1. The molecule has 1 heterocycles. The summed E-state index contributed by atoms with van der Waals surface area (Å²) in [6.45, 7) is 0.370. The molecule has 0 unspecified atom stereocenters. The number of nitrogens with one attached hydrogen (secondary N) is 1. The van der Waals surface area contributed by atoms with Gasteiger partial charge in [0.05, 0.1) is 4.90 Å². The molecule has 2 aromatic rings. The minimum atomic E-state index is -4.63. The highest BCUT2D eigenvalue weighted by Crippen LogP contribution is 2.33. The van der Waals surface area contributed by atoms with Gasteiger partial charge in [-0.1, -0.05) is 24.2 Å². The van der Waals surface area contributed by atoms with Crippen LogP contribution in [0, 0.1) is 5.92 Å². The summed E-state index contributed by atoms with van der Waals surface area (Å²) in [4.78, 5) is 14.3. The van der Waals surface area contributed by atoms with Gasteiger partial charge >= 0.3 is 12.2 Å². The zero-order valence-electron chi connectivity index (χ0n) is 15.4. The van der Waals surface area contributed by atoms with Gasteiger partial charge < -0.3 is 0 Å². The first-order valence-electron chi connectivity index (χ1n) is 8.83. The van der Waals surface area contributed by atoms with Crippen molar-refractivity contribution in [1.82, 2.24) is 10.2 Å². The number of amides is 2. The summed E-state index contributed by atoms with van der Waals surface area (Å²) in [6.07, 6.45) is 0.450. The molecule has 1 fully saturated rings. The molecule has 0 bridgehead atoms. The lowest BCUT2D eigenvalue weighted by atomic mass is 10.1. The SMILES string of the molecule is CS(=O)(=O)c1ccc(N(CC2CCCC2)C(=O)Nc2nnc(C(F)(F)F)s2)cc1. The van der Waals surface area contributed by atoms with Gasteiger partial charge in [0, 0.05) is 18.5 Å². The lowest BCUT2D eigenvalue weighted by Gasteiger charge is -2.25. The van der Waals surface area contributed by atoms with Crippen LogP contribution in [0.15, 0.2) is 29.2 Å². The molecule has 0 atom stereocenters. The highest BCUT2D eigenvalue weighted by Gasteiger charge is 2.36. The number of alkyl halides is 3. The number of carbonyl (C=O) groups is 1. The molecule has 0 saturated heterocycles. The number of urea groups is 1. The van der Waals surface area contributed by atoms with Crippen LogP contribution in [0.4, 0.5) is 28.8 Å². The first-order valence-corrected chi connectivity index (χ1v) is 11.5. The van der Waals surface area contributed by atoms with E-state index in [1.165, 1.54) is 29.2 Å². The molecule has 1 aliphatic carbocycles. The Kier molecular flexibility index (Phi) is 6.13. The average Bonchev–Trinajstić information content (AvgIpc) is 3.30. The lowest BCUT2D eigenvalue weighted by Crippen LogP contribution is -2.38. The average molecular weight is 448 g/mol. The van der Waals surface area contributed by atoms with E-state index in [1.54, 1.807) is 0 Å². The van der Waals surface area contributed by atoms with E-state index in [0.717, 1.165) is 31.9 Å². The Labute approximate surface area is 169 Å². The van der Waals surface area contributed by atoms with Crippen LogP contribution < -0.4 is 10.2 Å². The van der Waals surface area contributed by atoms with E-state index in [4.69, 9.17) is 0 Å². The second kappa shape index (κ2) is 8.27. The number of carbonyl (C=O) groups excluding carboxylic acids is 1. The molecule has 1 aromatic heterocycles. The van der Waals surface area contributed by atoms with Gasteiger partial charge in [0.2, 0.25) is 10.1 Å². The van der Waals surface area contributed by atoms with Crippen molar-refractivity contribution in [1.29, 1.82) is 0 Å². The summed E-state index contributed by atoms with van der Waals surface area (Å²) < 4.78 is 61.4. The Bertz CT molecular complexity index is 969. The maximum Gasteiger partial charge on any atom is 0.445 e. The molecule has 0 spiro atoms. The number of benzene rings is 1. The second-order valence-corrected chi connectivity index (χ2v) is 9.86. The molecule has 0 radical (unpaired) electrons. The van der Waals surface area contributed by atoms with Crippen molar-refractivity contribution in [2.24, 2.45) is 5.92 Å². The summed E-state index contributed by atoms with van der Waals surface area (Å²) in [7, 11) is -3.39. The standard InChI is InChI=1S/C17H19F3N4O3S2/c1-29(26,27)13-8-6-12(7-9-13)24(10-11-4-2-3-5-11)16(25)21-15-23-22-14(28-15)17(18,19)20/h6-9,11H,2-5,10H2,1H3,(H,21,23,25). The van der Waals surface area contributed by atoms with Crippen LogP contribution in [-0.2, 0) is 16.0 Å². The van der Waals surface area contributed by atoms with Crippen LogP contribution in [0.3, 0.4) is 0 Å². The molecule has 7 nitrogen and oxygen atoms in total. The van der Waals surface area contributed by atoms with Crippen LogP contribution >= 0.6 is 11.3 Å². The molecule has 2 amide bonds. The van der Waals surface area contributed by atoms with E-state index in [2.05, 4.69) is 15.5 Å². The fourth-order valence-electron chi connectivity index (χ4n) is 3.18. The minimum absolute atomic E-state index is 0.112. The van der Waals surface area contributed by atoms with Crippen LogP contribution in [0.2, 0.25) is 0 Å². The maximum atomic E-state index is 12.8. The Morgan fingerprint density at radius 1 is 1.21 bits per heavy atom. The van der Waals surface area contributed by atoms with Crippen LogP contribution in [-0.4, -0.2) is 37.4 Å². The molecule has 158 valence electrons. The summed E-state index contributed by atoms with van der Waals surface area (Å²) in [5.41, 5.74) is 0.447. The Morgan fingerprint density at radius 2 is 1.83 bits per heavy atom. The number of nitrogens with zero attached hydrogens (tertiary/aromatic N) is 3. The smallest absolute Gasteiger partial charge is 0.294 e. The van der Waals surface area contributed by atoms with Gasteiger partial charge in [0.15, 0.2) is 9.84 Å². The first kappa shape index (κ1) is 21.5. The molecule has 12 heteroatoms. The monoisotopic (exact) mass is 448 g/mol. The lowest BCUT2D eigenvalue weighted by molar-refractivity contribution is -0.138. The van der Waals surface area contributed by atoms with Gasteiger partial charge in [-0.05, 0) is 43.0 Å². The third-order valence-corrected chi connectivity index (χ3v) is 6.63. The van der Waals surface area contributed by atoms with E-state index < -0.39 is 27.1 Å². The van der Waals surface area contributed by atoms with Crippen LogP contribution in [0.25, 0.3) is 0 Å². The van der Waals surface area contributed by atoms with Gasteiger partial charge in [0.1, 0.15) is 0 Å². The Balaban J connectivity index is 1.82. The van der Waals surface area contributed by atoms with Gasteiger partial charge in [-0.25, -0.2) is 13.2 Å². The fourth-order valence-corrected chi connectivity index (χ4v) is 4.41. The summed E-state index contributed by atoms with van der Waals surface area (Å²) >= 11 is 0.244. The normalized spacial score (nSPS) is 15.4.